The van der Waals surface area contributed by atoms with Gasteiger partial charge in [-0.3, -0.25) is 9.69 Å². The van der Waals surface area contributed by atoms with Gasteiger partial charge >= 0.3 is 0 Å². The molecule has 1 amide bonds. The van der Waals surface area contributed by atoms with Crippen molar-refractivity contribution in [2.24, 2.45) is 0 Å². The SMILES string of the molecule is COc1ccc(-c2nc(C(=O)NCc3ccccc3CN3CCCC3)cs2)cc1. The van der Waals surface area contributed by atoms with Crippen LogP contribution in [0.15, 0.2) is 53.9 Å². The number of amides is 1. The number of rotatable bonds is 7. The van der Waals surface area contributed by atoms with Gasteiger partial charge in [-0.05, 0) is 61.3 Å². The molecule has 0 bridgehead atoms. The van der Waals surface area contributed by atoms with Crippen LogP contribution in [-0.2, 0) is 13.1 Å². The first kappa shape index (κ1) is 19.6. The maximum atomic E-state index is 12.6. The van der Waals surface area contributed by atoms with Gasteiger partial charge in [-0.2, -0.15) is 0 Å². The standard InChI is InChI=1S/C23H25N3O2S/c1-28-20-10-8-17(9-11-20)23-25-21(16-29-23)22(27)24-14-18-6-2-3-7-19(18)15-26-12-4-5-13-26/h2-3,6-11,16H,4-5,12-15H2,1H3,(H,24,27). The average molecular weight is 408 g/mol. The largest absolute Gasteiger partial charge is 0.497 e. The molecule has 150 valence electrons. The zero-order valence-corrected chi connectivity index (χ0v) is 17.4. The van der Waals surface area contributed by atoms with Crippen LogP contribution in [0.1, 0.15) is 34.5 Å². The fraction of sp³-hybridized carbons (Fsp3) is 0.304. The highest BCUT2D eigenvalue weighted by Gasteiger charge is 2.15. The molecule has 1 saturated heterocycles. The number of carbonyl (C=O) groups is 1. The lowest BCUT2D eigenvalue weighted by atomic mass is 10.1. The van der Waals surface area contributed by atoms with Gasteiger partial charge in [0.1, 0.15) is 16.5 Å². The Kier molecular flexibility index (Phi) is 6.22. The van der Waals surface area contributed by atoms with Crippen molar-refractivity contribution in [2.45, 2.75) is 25.9 Å². The molecule has 0 unspecified atom stereocenters. The molecule has 29 heavy (non-hydrogen) atoms. The predicted molar refractivity (Wildman–Crippen MR) is 116 cm³/mol. The molecule has 1 N–H and O–H groups in total. The number of ether oxygens (including phenoxy) is 1. The maximum Gasteiger partial charge on any atom is 0.271 e. The Labute approximate surface area is 175 Å². The molecule has 1 aromatic heterocycles. The molecule has 5 nitrogen and oxygen atoms in total. The van der Waals surface area contributed by atoms with Crippen molar-refractivity contribution in [2.75, 3.05) is 20.2 Å². The Bertz CT molecular complexity index is 962. The molecule has 2 aromatic carbocycles. The highest BCUT2D eigenvalue weighted by molar-refractivity contribution is 7.13. The van der Waals surface area contributed by atoms with Gasteiger partial charge in [0.05, 0.1) is 7.11 Å². The third-order valence-electron chi connectivity index (χ3n) is 5.22. The zero-order valence-electron chi connectivity index (χ0n) is 16.6. The number of thiazole rings is 1. The Morgan fingerprint density at radius 2 is 1.83 bits per heavy atom. The minimum Gasteiger partial charge on any atom is -0.497 e. The van der Waals surface area contributed by atoms with Crippen LogP contribution in [0, 0.1) is 0 Å². The molecule has 0 spiro atoms. The fourth-order valence-corrected chi connectivity index (χ4v) is 4.38. The van der Waals surface area contributed by atoms with Crippen LogP contribution in [-0.4, -0.2) is 36.0 Å². The average Bonchev–Trinajstić information content (AvgIpc) is 3.45. The highest BCUT2D eigenvalue weighted by atomic mass is 32.1. The lowest BCUT2D eigenvalue weighted by Gasteiger charge is -2.17. The molecule has 0 aliphatic carbocycles. The predicted octanol–water partition coefficient (Wildman–Crippen LogP) is 4.34. The lowest BCUT2D eigenvalue weighted by molar-refractivity contribution is 0.0946. The molecule has 1 aliphatic rings. The number of hydrogen-bond acceptors (Lipinski definition) is 5. The van der Waals surface area contributed by atoms with Crippen molar-refractivity contribution in [1.82, 2.24) is 15.2 Å². The highest BCUT2D eigenvalue weighted by Crippen LogP contribution is 2.25. The number of nitrogens with one attached hydrogen (secondary N) is 1. The summed E-state index contributed by atoms with van der Waals surface area (Å²) >= 11 is 1.47. The molecule has 6 heteroatoms. The second-order valence-corrected chi connectivity index (χ2v) is 8.06. The summed E-state index contributed by atoms with van der Waals surface area (Å²) in [7, 11) is 1.64. The molecular weight excluding hydrogens is 382 g/mol. The number of carbonyl (C=O) groups excluding carboxylic acids is 1. The number of aromatic nitrogens is 1. The van der Waals surface area contributed by atoms with Crippen LogP contribution in [0.25, 0.3) is 10.6 Å². The van der Waals surface area contributed by atoms with E-state index in [0.717, 1.165) is 36.0 Å². The summed E-state index contributed by atoms with van der Waals surface area (Å²) in [6.45, 7) is 3.78. The third-order valence-corrected chi connectivity index (χ3v) is 6.12. The second-order valence-electron chi connectivity index (χ2n) is 7.20. The summed E-state index contributed by atoms with van der Waals surface area (Å²) in [4.78, 5) is 19.6. The molecule has 3 aromatic rings. The van der Waals surface area contributed by atoms with Crippen molar-refractivity contribution >= 4 is 17.2 Å². The normalized spacial score (nSPS) is 14.1. The van der Waals surface area contributed by atoms with E-state index in [4.69, 9.17) is 4.74 Å². The summed E-state index contributed by atoms with van der Waals surface area (Å²) in [5, 5.41) is 5.67. The van der Waals surface area contributed by atoms with E-state index in [1.54, 1.807) is 7.11 Å². The van der Waals surface area contributed by atoms with Crippen molar-refractivity contribution < 1.29 is 9.53 Å². The second kappa shape index (κ2) is 9.20. The maximum absolute atomic E-state index is 12.6. The van der Waals surface area contributed by atoms with E-state index < -0.39 is 0 Å². The minimum absolute atomic E-state index is 0.142. The first-order chi connectivity index (χ1) is 14.2. The molecule has 0 radical (unpaired) electrons. The van der Waals surface area contributed by atoms with E-state index >= 15 is 0 Å². The van der Waals surface area contributed by atoms with Crippen molar-refractivity contribution in [1.29, 1.82) is 0 Å². The van der Waals surface area contributed by atoms with Crippen molar-refractivity contribution in [3.05, 3.63) is 70.7 Å². The minimum atomic E-state index is -0.142. The Hall–Kier alpha value is -2.70. The van der Waals surface area contributed by atoms with Gasteiger partial charge in [0.25, 0.3) is 5.91 Å². The van der Waals surface area contributed by atoms with Gasteiger partial charge in [0.2, 0.25) is 0 Å². The van der Waals surface area contributed by atoms with Crippen molar-refractivity contribution in [3.8, 4) is 16.3 Å². The number of benzene rings is 2. The number of nitrogens with zero attached hydrogens (tertiary/aromatic N) is 2. The summed E-state index contributed by atoms with van der Waals surface area (Å²) in [6, 6.07) is 16.0. The summed E-state index contributed by atoms with van der Waals surface area (Å²) in [5.74, 6) is 0.660. The van der Waals surface area contributed by atoms with Crippen LogP contribution in [0.3, 0.4) is 0 Å². The number of hydrogen-bond donors (Lipinski definition) is 1. The molecule has 1 aliphatic heterocycles. The van der Waals surface area contributed by atoms with Gasteiger partial charge < -0.3 is 10.1 Å². The van der Waals surface area contributed by atoms with Crippen LogP contribution in [0.4, 0.5) is 0 Å². The van der Waals surface area contributed by atoms with E-state index in [1.807, 2.05) is 35.7 Å². The molecule has 1 fully saturated rings. The van der Waals surface area contributed by atoms with Crippen LogP contribution >= 0.6 is 11.3 Å². The van der Waals surface area contributed by atoms with Gasteiger partial charge in [-0.1, -0.05) is 24.3 Å². The van der Waals surface area contributed by atoms with E-state index in [0.29, 0.717) is 12.2 Å². The Morgan fingerprint density at radius 1 is 1.10 bits per heavy atom. The van der Waals surface area contributed by atoms with E-state index in [-0.39, 0.29) is 5.91 Å². The van der Waals surface area contributed by atoms with Crippen LogP contribution < -0.4 is 10.1 Å². The third kappa shape index (κ3) is 4.83. The monoisotopic (exact) mass is 407 g/mol. The Morgan fingerprint density at radius 3 is 2.55 bits per heavy atom. The summed E-state index contributed by atoms with van der Waals surface area (Å²) < 4.78 is 5.19. The van der Waals surface area contributed by atoms with E-state index in [2.05, 4.69) is 33.4 Å². The number of likely N-dealkylation sites (tertiary alicyclic amines) is 1. The summed E-state index contributed by atoms with van der Waals surface area (Å²) in [5.41, 5.74) is 3.88. The summed E-state index contributed by atoms with van der Waals surface area (Å²) in [6.07, 6.45) is 2.55. The van der Waals surface area contributed by atoms with Gasteiger partial charge in [-0.15, -0.1) is 11.3 Å². The number of methoxy groups -OCH3 is 1. The Balaban J connectivity index is 1.39. The van der Waals surface area contributed by atoms with Crippen molar-refractivity contribution in [3.63, 3.8) is 0 Å². The first-order valence-electron chi connectivity index (χ1n) is 9.90. The van der Waals surface area contributed by atoms with E-state index in [1.165, 1.54) is 35.3 Å². The van der Waals surface area contributed by atoms with Crippen LogP contribution in [0.2, 0.25) is 0 Å². The van der Waals surface area contributed by atoms with Gasteiger partial charge in [0.15, 0.2) is 0 Å². The lowest BCUT2D eigenvalue weighted by Crippen LogP contribution is -2.25. The fourth-order valence-electron chi connectivity index (χ4n) is 3.58. The molecule has 0 atom stereocenters. The van der Waals surface area contributed by atoms with E-state index in [9.17, 15) is 4.79 Å². The molecule has 0 saturated carbocycles. The zero-order chi connectivity index (χ0) is 20.1. The molecule has 2 heterocycles. The topological polar surface area (TPSA) is 54.5 Å². The quantitative estimate of drug-likeness (QED) is 0.633. The smallest absolute Gasteiger partial charge is 0.271 e. The molecular formula is C23H25N3O2S. The van der Waals surface area contributed by atoms with Crippen LogP contribution in [0.5, 0.6) is 5.75 Å². The first-order valence-corrected chi connectivity index (χ1v) is 10.8. The molecule has 4 rings (SSSR count). The van der Waals surface area contributed by atoms with Gasteiger partial charge in [0, 0.05) is 24.0 Å². The van der Waals surface area contributed by atoms with Gasteiger partial charge in [-0.25, -0.2) is 4.98 Å².